The van der Waals surface area contributed by atoms with Crippen molar-refractivity contribution in [3.8, 4) is 0 Å². The largest absolute Gasteiger partial charge is 0.401 e. The molecule has 0 aromatic carbocycles. The van der Waals surface area contributed by atoms with Crippen molar-refractivity contribution in [3.05, 3.63) is 0 Å². The van der Waals surface area contributed by atoms with E-state index in [0.29, 0.717) is 38.1 Å². The molecule has 0 aromatic heterocycles. The number of alkyl halides is 3. The van der Waals surface area contributed by atoms with Crippen molar-refractivity contribution in [2.45, 2.75) is 45.5 Å². The van der Waals surface area contributed by atoms with Crippen molar-refractivity contribution in [2.75, 3.05) is 46.3 Å². The average Bonchev–Trinajstić information content (AvgIpc) is 2.83. The second-order valence-corrected chi connectivity index (χ2v) is 6.32. The Kier molecular flexibility index (Phi) is 8.11. The Morgan fingerprint density at radius 2 is 2.09 bits per heavy atom. The minimum absolute atomic E-state index is 0.0120. The van der Waals surface area contributed by atoms with E-state index in [0.717, 1.165) is 13.1 Å². The summed E-state index contributed by atoms with van der Waals surface area (Å²) in [6.07, 6.45) is -3.43. The molecule has 1 fully saturated rings. The standard InChI is InChI=1S/C15H30F3N5/c1-5-19-14(20-7-9-22(4)12(2)3)21-13-6-8-23(10-13)11-15(16,17)18/h12-13H,5-11H2,1-4H3,(H2,19,20,21). The molecule has 5 nitrogen and oxygen atoms in total. The summed E-state index contributed by atoms with van der Waals surface area (Å²) in [7, 11) is 2.05. The molecule has 1 rings (SSSR count). The minimum Gasteiger partial charge on any atom is -0.357 e. The first-order valence-electron chi connectivity index (χ1n) is 8.25. The molecule has 0 amide bonds. The summed E-state index contributed by atoms with van der Waals surface area (Å²) in [5.41, 5.74) is 0. The molecule has 0 spiro atoms. The van der Waals surface area contributed by atoms with Crippen LogP contribution in [0.25, 0.3) is 0 Å². The van der Waals surface area contributed by atoms with Crippen LogP contribution in [0.15, 0.2) is 4.99 Å². The number of halogens is 3. The number of nitrogens with zero attached hydrogens (tertiary/aromatic N) is 3. The maximum absolute atomic E-state index is 12.4. The van der Waals surface area contributed by atoms with Gasteiger partial charge < -0.3 is 15.5 Å². The third kappa shape index (κ3) is 8.41. The molecule has 0 aromatic rings. The Bertz CT molecular complexity index is 371. The van der Waals surface area contributed by atoms with Gasteiger partial charge in [-0.15, -0.1) is 0 Å². The quantitative estimate of drug-likeness (QED) is 0.546. The Balaban J connectivity index is 2.44. The highest BCUT2D eigenvalue weighted by molar-refractivity contribution is 5.80. The Morgan fingerprint density at radius 1 is 1.39 bits per heavy atom. The van der Waals surface area contributed by atoms with Crippen molar-refractivity contribution in [1.82, 2.24) is 20.4 Å². The summed E-state index contributed by atoms with van der Waals surface area (Å²) >= 11 is 0. The zero-order chi connectivity index (χ0) is 17.5. The number of likely N-dealkylation sites (tertiary alicyclic amines) is 1. The molecule has 136 valence electrons. The van der Waals surface area contributed by atoms with Gasteiger partial charge in [0.1, 0.15) is 0 Å². The van der Waals surface area contributed by atoms with Crippen molar-refractivity contribution in [3.63, 3.8) is 0 Å². The van der Waals surface area contributed by atoms with Gasteiger partial charge in [0, 0.05) is 38.3 Å². The molecule has 0 saturated carbocycles. The number of nitrogens with one attached hydrogen (secondary N) is 2. The monoisotopic (exact) mass is 337 g/mol. The van der Waals surface area contributed by atoms with E-state index in [2.05, 4.69) is 34.4 Å². The zero-order valence-corrected chi connectivity index (χ0v) is 14.6. The molecule has 1 heterocycles. The van der Waals surface area contributed by atoms with Gasteiger partial charge in [-0.3, -0.25) is 9.89 Å². The summed E-state index contributed by atoms with van der Waals surface area (Å²) < 4.78 is 37.3. The number of guanidine groups is 1. The predicted octanol–water partition coefficient (Wildman–Crippen LogP) is 1.52. The normalized spacial score (nSPS) is 20.6. The van der Waals surface area contributed by atoms with Gasteiger partial charge >= 0.3 is 6.18 Å². The van der Waals surface area contributed by atoms with Gasteiger partial charge in [-0.2, -0.15) is 13.2 Å². The van der Waals surface area contributed by atoms with Crippen LogP contribution in [0.4, 0.5) is 13.2 Å². The van der Waals surface area contributed by atoms with Crippen molar-refractivity contribution in [1.29, 1.82) is 0 Å². The Labute approximate surface area is 137 Å². The van der Waals surface area contributed by atoms with Gasteiger partial charge in [-0.05, 0) is 34.2 Å². The maximum atomic E-state index is 12.4. The van der Waals surface area contributed by atoms with E-state index < -0.39 is 12.7 Å². The van der Waals surface area contributed by atoms with Gasteiger partial charge in [0.15, 0.2) is 5.96 Å². The van der Waals surface area contributed by atoms with Crippen molar-refractivity contribution >= 4 is 5.96 Å². The van der Waals surface area contributed by atoms with Gasteiger partial charge in [-0.25, -0.2) is 0 Å². The summed E-state index contributed by atoms with van der Waals surface area (Å²) in [6, 6.07) is 0.476. The molecule has 2 N–H and O–H groups in total. The molecule has 1 atom stereocenters. The molecule has 1 aliphatic rings. The highest BCUT2D eigenvalue weighted by Gasteiger charge is 2.34. The van der Waals surface area contributed by atoms with Gasteiger partial charge in [-0.1, -0.05) is 0 Å². The third-order valence-electron chi connectivity index (χ3n) is 3.96. The SMILES string of the molecule is CCNC(=NCCN(C)C(C)C)NC1CCN(CC(F)(F)F)C1. The van der Waals surface area contributed by atoms with E-state index in [4.69, 9.17) is 0 Å². The van der Waals surface area contributed by atoms with Crippen LogP contribution >= 0.6 is 0 Å². The molecule has 1 saturated heterocycles. The molecular weight excluding hydrogens is 307 g/mol. The van der Waals surface area contributed by atoms with Gasteiger partial charge in [0.2, 0.25) is 0 Å². The summed E-state index contributed by atoms with van der Waals surface area (Å²) in [5.74, 6) is 0.684. The first-order chi connectivity index (χ1) is 10.7. The smallest absolute Gasteiger partial charge is 0.357 e. The first-order valence-corrected chi connectivity index (χ1v) is 8.25. The average molecular weight is 337 g/mol. The molecular formula is C15H30F3N5. The summed E-state index contributed by atoms with van der Waals surface area (Å²) in [5, 5.41) is 6.40. The number of hydrogen-bond donors (Lipinski definition) is 2. The van der Waals surface area contributed by atoms with E-state index in [-0.39, 0.29) is 6.04 Å². The molecule has 23 heavy (non-hydrogen) atoms. The predicted molar refractivity (Wildman–Crippen MR) is 87.8 cm³/mol. The van der Waals surface area contributed by atoms with Crippen LogP contribution in [0.5, 0.6) is 0 Å². The fourth-order valence-electron chi connectivity index (χ4n) is 2.44. The lowest BCUT2D eigenvalue weighted by Gasteiger charge is -2.21. The highest BCUT2D eigenvalue weighted by atomic mass is 19.4. The molecule has 0 bridgehead atoms. The third-order valence-corrected chi connectivity index (χ3v) is 3.96. The summed E-state index contributed by atoms with van der Waals surface area (Å²) in [4.78, 5) is 8.15. The topological polar surface area (TPSA) is 42.9 Å². The zero-order valence-electron chi connectivity index (χ0n) is 14.6. The second-order valence-electron chi connectivity index (χ2n) is 6.32. The van der Waals surface area contributed by atoms with E-state index in [1.54, 1.807) is 0 Å². The van der Waals surface area contributed by atoms with E-state index in [9.17, 15) is 13.2 Å². The van der Waals surface area contributed by atoms with Gasteiger partial charge in [0.05, 0.1) is 13.1 Å². The van der Waals surface area contributed by atoms with Gasteiger partial charge in [0.25, 0.3) is 0 Å². The molecule has 8 heteroatoms. The van der Waals surface area contributed by atoms with Crippen LogP contribution in [-0.2, 0) is 0 Å². The first kappa shape index (κ1) is 20.0. The van der Waals surface area contributed by atoms with Crippen molar-refractivity contribution in [2.24, 2.45) is 4.99 Å². The Hall–Kier alpha value is -1.02. The van der Waals surface area contributed by atoms with E-state index >= 15 is 0 Å². The fourth-order valence-corrected chi connectivity index (χ4v) is 2.44. The number of aliphatic imine (C=N–C) groups is 1. The highest BCUT2D eigenvalue weighted by Crippen LogP contribution is 2.19. The minimum atomic E-state index is -4.13. The molecule has 0 aliphatic carbocycles. The van der Waals surface area contributed by atoms with Crippen LogP contribution in [0.3, 0.4) is 0 Å². The molecule has 0 radical (unpaired) electrons. The summed E-state index contributed by atoms with van der Waals surface area (Å²) in [6.45, 7) is 8.48. The van der Waals surface area contributed by atoms with E-state index in [1.165, 1.54) is 4.90 Å². The number of likely N-dealkylation sites (N-methyl/N-ethyl adjacent to an activating group) is 1. The van der Waals surface area contributed by atoms with Crippen LogP contribution in [0.1, 0.15) is 27.2 Å². The molecule has 1 unspecified atom stereocenters. The van der Waals surface area contributed by atoms with Crippen molar-refractivity contribution < 1.29 is 13.2 Å². The lowest BCUT2D eigenvalue weighted by Crippen LogP contribution is -2.45. The second kappa shape index (κ2) is 9.32. The molecule has 1 aliphatic heterocycles. The van der Waals surface area contributed by atoms with Crippen LogP contribution in [0.2, 0.25) is 0 Å². The Morgan fingerprint density at radius 3 is 2.65 bits per heavy atom. The number of hydrogen-bond acceptors (Lipinski definition) is 3. The van der Waals surface area contributed by atoms with Crippen LogP contribution in [0, 0.1) is 0 Å². The fraction of sp³-hybridized carbons (Fsp3) is 0.933. The number of rotatable bonds is 7. The van der Waals surface area contributed by atoms with Crippen LogP contribution in [-0.4, -0.2) is 80.3 Å². The lowest BCUT2D eigenvalue weighted by atomic mass is 10.3. The maximum Gasteiger partial charge on any atom is 0.401 e. The van der Waals surface area contributed by atoms with E-state index in [1.807, 2.05) is 14.0 Å². The lowest BCUT2D eigenvalue weighted by molar-refractivity contribution is -0.143. The van der Waals surface area contributed by atoms with Crippen LogP contribution < -0.4 is 10.6 Å².